The number of hydrogen-bond donors (Lipinski definition) is 1. The van der Waals surface area contributed by atoms with E-state index in [1.165, 1.54) is 4.90 Å². The molecular weight excluding hydrogens is 266 g/mol. The summed E-state index contributed by atoms with van der Waals surface area (Å²) in [5.74, 6) is 1.97. The average Bonchev–Trinajstić information content (AvgIpc) is 2.49. The van der Waals surface area contributed by atoms with Crippen LogP contribution in [-0.4, -0.2) is 12.4 Å². The van der Waals surface area contributed by atoms with Crippen LogP contribution < -0.4 is 10.5 Å². The van der Waals surface area contributed by atoms with E-state index >= 15 is 0 Å². The molecular formula is C17H19NOS. The number of fused-ring (bicyclic) bond motifs is 1. The van der Waals surface area contributed by atoms with Crippen molar-refractivity contribution in [2.45, 2.75) is 23.3 Å². The summed E-state index contributed by atoms with van der Waals surface area (Å²) in [5, 5.41) is 0. The first-order valence-electron chi connectivity index (χ1n) is 6.97. The second kappa shape index (κ2) is 5.90. The van der Waals surface area contributed by atoms with Crippen LogP contribution in [0.3, 0.4) is 0 Å². The quantitative estimate of drug-likeness (QED) is 0.868. The van der Waals surface area contributed by atoms with Gasteiger partial charge in [0.2, 0.25) is 0 Å². The second-order valence-electron chi connectivity index (χ2n) is 5.16. The molecule has 1 heterocycles. The van der Waals surface area contributed by atoms with Crippen molar-refractivity contribution in [2.24, 2.45) is 5.73 Å². The minimum atomic E-state index is -0.253. The van der Waals surface area contributed by atoms with Crippen LogP contribution in [0.2, 0.25) is 0 Å². The normalized spacial score (nSPS) is 21.1. The number of hydrogen-bond acceptors (Lipinski definition) is 3. The van der Waals surface area contributed by atoms with Gasteiger partial charge in [0, 0.05) is 28.2 Å². The second-order valence-corrected chi connectivity index (χ2v) is 6.33. The molecule has 0 spiro atoms. The van der Waals surface area contributed by atoms with Crippen molar-refractivity contribution in [1.82, 2.24) is 0 Å². The molecule has 0 aromatic heterocycles. The van der Waals surface area contributed by atoms with Crippen LogP contribution >= 0.6 is 11.8 Å². The molecule has 0 bridgehead atoms. The minimum Gasteiger partial charge on any atom is -0.493 e. The standard InChI is InChI=1S/C17H19NOS/c18-17(11-13-20-14-6-2-1-3-7-14)10-12-19-16-9-5-4-8-15(16)17/h1-9H,10-13,18H2. The van der Waals surface area contributed by atoms with E-state index in [1.807, 2.05) is 36.0 Å². The van der Waals surface area contributed by atoms with Gasteiger partial charge in [0.05, 0.1) is 6.61 Å². The van der Waals surface area contributed by atoms with Gasteiger partial charge < -0.3 is 10.5 Å². The Morgan fingerprint density at radius 3 is 2.65 bits per heavy atom. The lowest BCUT2D eigenvalue weighted by molar-refractivity contribution is 0.213. The summed E-state index contributed by atoms with van der Waals surface area (Å²) in [6.07, 6.45) is 1.85. The van der Waals surface area contributed by atoms with Crippen LogP contribution in [0.1, 0.15) is 18.4 Å². The van der Waals surface area contributed by atoms with Gasteiger partial charge in [0.15, 0.2) is 0 Å². The summed E-state index contributed by atoms with van der Waals surface area (Å²) in [6.45, 7) is 0.712. The van der Waals surface area contributed by atoms with E-state index in [2.05, 4.69) is 30.3 Å². The molecule has 2 aromatic rings. The van der Waals surface area contributed by atoms with Gasteiger partial charge in [-0.25, -0.2) is 0 Å². The molecule has 1 atom stereocenters. The molecule has 3 rings (SSSR count). The summed E-state index contributed by atoms with van der Waals surface area (Å²) in [7, 11) is 0. The summed E-state index contributed by atoms with van der Waals surface area (Å²) in [4.78, 5) is 1.30. The zero-order valence-corrected chi connectivity index (χ0v) is 12.2. The zero-order valence-electron chi connectivity index (χ0n) is 11.4. The highest BCUT2D eigenvalue weighted by atomic mass is 32.2. The van der Waals surface area contributed by atoms with E-state index < -0.39 is 0 Å². The van der Waals surface area contributed by atoms with Gasteiger partial charge in [-0.05, 0) is 24.6 Å². The first kappa shape index (κ1) is 13.5. The van der Waals surface area contributed by atoms with Gasteiger partial charge in [-0.3, -0.25) is 0 Å². The Balaban J connectivity index is 1.68. The van der Waals surface area contributed by atoms with E-state index in [0.29, 0.717) is 6.61 Å². The molecule has 1 aliphatic heterocycles. The van der Waals surface area contributed by atoms with Crippen molar-refractivity contribution in [3.8, 4) is 5.75 Å². The third kappa shape index (κ3) is 2.84. The number of nitrogens with two attached hydrogens (primary N) is 1. The molecule has 20 heavy (non-hydrogen) atoms. The maximum Gasteiger partial charge on any atom is 0.124 e. The lowest BCUT2D eigenvalue weighted by Gasteiger charge is -2.35. The first-order chi connectivity index (χ1) is 9.78. The van der Waals surface area contributed by atoms with Gasteiger partial charge in [0.25, 0.3) is 0 Å². The van der Waals surface area contributed by atoms with Crippen LogP contribution in [0.25, 0.3) is 0 Å². The Bertz CT molecular complexity index is 572. The maximum atomic E-state index is 6.64. The van der Waals surface area contributed by atoms with Gasteiger partial charge in [-0.15, -0.1) is 11.8 Å². The Labute approximate surface area is 124 Å². The minimum absolute atomic E-state index is 0.253. The number of benzene rings is 2. The largest absolute Gasteiger partial charge is 0.493 e. The van der Waals surface area contributed by atoms with Gasteiger partial charge in [-0.2, -0.15) is 0 Å². The van der Waals surface area contributed by atoms with E-state index in [1.54, 1.807) is 0 Å². The summed E-state index contributed by atoms with van der Waals surface area (Å²) in [6, 6.07) is 18.6. The molecule has 0 amide bonds. The number of para-hydroxylation sites is 1. The van der Waals surface area contributed by atoms with E-state index in [4.69, 9.17) is 10.5 Å². The molecule has 3 heteroatoms. The van der Waals surface area contributed by atoms with Crippen molar-refractivity contribution >= 4 is 11.8 Å². The fourth-order valence-corrected chi connectivity index (χ4v) is 3.66. The van der Waals surface area contributed by atoms with Crippen LogP contribution in [0.15, 0.2) is 59.5 Å². The van der Waals surface area contributed by atoms with Crippen LogP contribution in [0.5, 0.6) is 5.75 Å². The van der Waals surface area contributed by atoms with Crippen molar-refractivity contribution in [3.05, 3.63) is 60.2 Å². The molecule has 2 nitrogen and oxygen atoms in total. The lowest BCUT2D eigenvalue weighted by Crippen LogP contribution is -2.41. The molecule has 0 radical (unpaired) electrons. The highest BCUT2D eigenvalue weighted by Crippen LogP contribution is 2.38. The van der Waals surface area contributed by atoms with Crippen LogP contribution in [-0.2, 0) is 5.54 Å². The highest BCUT2D eigenvalue weighted by molar-refractivity contribution is 7.99. The van der Waals surface area contributed by atoms with Crippen molar-refractivity contribution in [3.63, 3.8) is 0 Å². The number of rotatable bonds is 4. The SMILES string of the molecule is NC1(CCSc2ccccc2)CCOc2ccccc21. The summed E-state index contributed by atoms with van der Waals surface area (Å²) < 4.78 is 5.70. The topological polar surface area (TPSA) is 35.2 Å². The molecule has 104 valence electrons. The summed E-state index contributed by atoms with van der Waals surface area (Å²) >= 11 is 1.87. The van der Waals surface area contributed by atoms with E-state index in [9.17, 15) is 0 Å². The predicted octanol–water partition coefficient (Wildman–Crippen LogP) is 3.81. The van der Waals surface area contributed by atoms with Crippen molar-refractivity contribution in [1.29, 1.82) is 0 Å². The lowest BCUT2D eigenvalue weighted by atomic mass is 9.83. The molecule has 0 saturated carbocycles. The molecule has 0 aliphatic carbocycles. The van der Waals surface area contributed by atoms with E-state index in [-0.39, 0.29) is 5.54 Å². The Morgan fingerprint density at radius 1 is 1.05 bits per heavy atom. The maximum absolute atomic E-state index is 6.64. The Morgan fingerprint density at radius 2 is 1.80 bits per heavy atom. The van der Waals surface area contributed by atoms with Gasteiger partial charge in [0.1, 0.15) is 5.75 Å². The van der Waals surface area contributed by atoms with Gasteiger partial charge >= 0.3 is 0 Å². The monoisotopic (exact) mass is 285 g/mol. The van der Waals surface area contributed by atoms with Gasteiger partial charge in [-0.1, -0.05) is 36.4 Å². The molecule has 1 aliphatic rings. The van der Waals surface area contributed by atoms with Crippen LogP contribution in [0.4, 0.5) is 0 Å². The predicted molar refractivity (Wildman–Crippen MR) is 84.2 cm³/mol. The molecule has 2 N–H and O–H groups in total. The molecule has 1 unspecified atom stereocenters. The zero-order chi connectivity index (χ0) is 13.8. The Kier molecular flexibility index (Phi) is 3.99. The summed E-state index contributed by atoms with van der Waals surface area (Å²) in [5.41, 5.74) is 7.54. The third-order valence-corrected chi connectivity index (χ3v) is 4.80. The van der Waals surface area contributed by atoms with Crippen LogP contribution in [0, 0.1) is 0 Å². The average molecular weight is 285 g/mol. The fourth-order valence-electron chi connectivity index (χ4n) is 2.61. The van der Waals surface area contributed by atoms with E-state index in [0.717, 1.165) is 29.9 Å². The van der Waals surface area contributed by atoms with Crippen molar-refractivity contribution < 1.29 is 4.74 Å². The number of ether oxygens (including phenoxy) is 1. The molecule has 0 saturated heterocycles. The highest BCUT2D eigenvalue weighted by Gasteiger charge is 2.33. The number of thioether (sulfide) groups is 1. The fraction of sp³-hybridized carbons (Fsp3) is 0.294. The molecule has 0 fully saturated rings. The molecule has 2 aromatic carbocycles. The van der Waals surface area contributed by atoms with Crippen molar-refractivity contribution in [2.75, 3.05) is 12.4 Å². The first-order valence-corrected chi connectivity index (χ1v) is 7.96. The third-order valence-electron chi connectivity index (χ3n) is 3.79. The smallest absolute Gasteiger partial charge is 0.124 e. The Hall–Kier alpha value is -1.45.